The minimum Gasteiger partial charge on any atom is -0.248 e. The van der Waals surface area contributed by atoms with E-state index in [0.717, 1.165) is 56.2 Å². The molecule has 4 aromatic carbocycles. The molecule has 0 saturated heterocycles. The van der Waals surface area contributed by atoms with Gasteiger partial charge in [-0.05, 0) is 94.0 Å². The van der Waals surface area contributed by atoms with Crippen LogP contribution in [0.1, 0.15) is 33.6 Å². The van der Waals surface area contributed by atoms with Crippen molar-refractivity contribution in [3.63, 3.8) is 0 Å². The molecular weight excluding hydrogens is 649 g/mol. The van der Waals surface area contributed by atoms with Crippen molar-refractivity contribution in [2.24, 2.45) is 0 Å². The summed E-state index contributed by atoms with van der Waals surface area (Å²) >= 11 is 0. The highest BCUT2D eigenvalue weighted by molar-refractivity contribution is 5.90. The van der Waals surface area contributed by atoms with Crippen LogP contribution in [0.2, 0.25) is 0 Å². The molecule has 4 heterocycles. The van der Waals surface area contributed by atoms with Crippen molar-refractivity contribution in [1.82, 2.24) is 19.9 Å². The van der Waals surface area contributed by atoms with Gasteiger partial charge in [-0.25, -0.2) is 19.9 Å². The maximum atomic E-state index is 9.45. The van der Waals surface area contributed by atoms with Crippen LogP contribution in [0.3, 0.4) is 0 Å². The van der Waals surface area contributed by atoms with Gasteiger partial charge in [-0.1, -0.05) is 97.1 Å². The number of pyridine rings is 4. The monoisotopic (exact) mass is 676 g/mol. The molecule has 9 rings (SSSR count). The normalized spacial score (nSPS) is 12.3. The topological polar surface area (TPSA) is 99.1 Å². The SMILES string of the molecule is N#Cc1cc(-c2cccc(-c3ccc4c(c3)-c3cc(-c5cccc(-c6ccnc(C#N)c6)n5)ccc3C4(c3ccccc3)c3ccccc3)n2)ccn1. The van der Waals surface area contributed by atoms with Crippen molar-refractivity contribution in [2.75, 3.05) is 0 Å². The summed E-state index contributed by atoms with van der Waals surface area (Å²) in [6.07, 6.45) is 3.29. The molecule has 0 aliphatic heterocycles. The van der Waals surface area contributed by atoms with E-state index in [4.69, 9.17) is 9.97 Å². The van der Waals surface area contributed by atoms with E-state index >= 15 is 0 Å². The first-order chi connectivity index (χ1) is 26.1. The second kappa shape index (κ2) is 13.0. The first-order valence-corrected chi connectivity index (χ1v) is 17.2. The van der Waals surface area contributed by atoms with Crippen molar-refractivity contribution in [1.29, 1.82) is 10.5 Å². The van der Waals surface area contributed by atoms with Gasteiger partial charge in [0.05, 0.1) is 28.2 Å². The van der Waals surface area contributed by atoms with E-state index in [9.17, 15) is 10.5 Å². The van der Waals surface area contributed by atoms with E-state index < -0.39 is 5.41 Å². The number of nitrogens with zero attached hydrogens (tertiary/aromatic N) is 6. The molecule has 0 amide bonds. The second-order valence-electron chi connectivity index (χ2n) is 12.9. The summed E-state index contributed by atoms with van der Waals surface area (Å²) in [5.74, 6) is 0. The largest absolute Gasteiger partial charge is 0.248 e. The fourth-order valence-electron chi connectivity index (χ4n) is 7.63. The average Bonchev–Trinajstić information content (AvgIpc) is 3.54. The smallest absolute Gasteiger partial charge is 0.141 e. The molecule has 0 N–H and O–H groups in total. The molecule has 0 atom stereocenters. The first-order valence-electron chi connectivity index (χ1n) is 17.2. The van der Waals surface area contributed by atoms with Crippen molar-refractivity contribution in [2.45, 2.75) is 5.41 Å². The molecule has 6 heteroatoms. The van der Waals surface area contributed by atoms with Crippen molar-refractivity contribution >= 4 is 0 Å². The lowest BCUT2D eigenvalue weighted by Crippen LogP contribution is -2.28. The zero-order chi connectivity index (χ0) is 35.8. The minimum atomic E-state index is -0.565. The first kappa shape index (κ1) is 31.4. The lowest BCUT2D eigenvalue weighted by Gasteiger charge is -2.34. The van der Waals surface area contributed by atoms with Gasteiger partial charge in [0.25, 0.3) is 0 Å². The summed E-state index contributed by atoms with van der Waals surface area (Å²) < 4.78 is 0. The Morgan fingerprint density at radius 2 is 0.792 bits per heavy atom. The van der Waals surface area contributed by atoms with Gasteiger partial charge in [0.2, 0.25) is 0 Å². The molecule has 6 nitrogen and oxygen atoms in total. The number of hydrogen-bond acceptors (Lipinski definition) is 6. The third-order valence-corrected chi connectivity index (χ3v) is 9.98. The van der Waals surface area contributed by atoms with Gasteiger partial charge in [-0.2, -0.15) is 10.5 Å². The highest BCUT2D eigenvalue weighted by Crippen LogP contribution is 2.57. The Labute approximate surface area is 307 Å². The van der Waals surface area contributed by atoms with E-state index in [1.54, 1.807) is 24.5 Å². The number of aromatic nitrogens is 4. The Bertz CT molecular complexity index is 2570. The average molecular weight is 677 g/mol. The summed E-state index contributed by atoms with van der Waals surface area (Å²) in [4.78, 5) is 18.4. The Hall–Kier alpha value is -7.54. The third kappa shape index (κ3) is 5.34. The molecule has 246 valence electrons. The van der Waals surface area contributed by atoms with Crippen LogP contribution in [0.4, 0.5) is 0 Å². The molecule has 1 aliphatic rings. The van der Waals surface area contributed by atoms with Crippen LogP contribution in [-0.4, -0.2) is 19.9 Å². The zero-order valence-electron chi connectivity index (χ0n) is 28.3. The minimum absolute atomic E-state index is 0.352. The molecule has 0 saturated carbocycles. The second-order valence-corrected chi connectivity index (χ2v) is 12.9. The predicted octanol–water partition coefficient (Wildman–Crippen LogP) is 10.0. The van der Waals surface area contributed by atoms with E-state index in [0.29, 0.717) is 11.4 Å². The summed E-state index contributed by atoms with van der Waals surface area (Å²) in [5, 5.41) is 18.9. The lowest BCUT2D eigenvalue weighted by atomic mass is 9.67. The number of benzene rings is 4. The third-order valence-electron chi connectivity index (χ3n) is 9.98. The van der Waals surface area contributed by atoms with E-state index in [-0.39, 0.29) is 0 Å². The number of rotatable bonds is 6. The molecular formula is C47H28N6. The standard InChI is InChI=1S/C47H28N6/c48-29-37-25-33(21-23-50-37)45-15-7-13-43(52-45)31-17-19-41-39(27-31)40-28-32(44-14-8-16-46(53-44)34-22-24-51-38(26-34)30-49)18-20-42(40)47(41,35-9-3-1-4-10-35)36-11-5-2-6-12-36/h1-28H. The fraction of sp³-hybridized carbons (Fsp3) is 0.0213. The maximum Gasteiger partial charge on any atom is 0.141 e. The Balaban J connectivity index is 1.25. The molecule has 1 aliphatic carbocycles. The van der Waals surface area contributed by atoms with Crippen LogP contribution in [0, 0.1) is 22.7 Å². The Morgan fingerprint density at radius 1 is 0.396 bits per heavy atom. The van der Waals surface area contributed by atoms with Crippen LogP contribution in [0.25, 0.3) is 56.2 Å². The van der Waals surface area contributed by atoms with E-state index in [1.165, 1.54) is 22.3 Å². The molecule has 53 heavy (non-hydrogen) atoms. The van der Waals surface area contributed by atoms with Crippen LogP contribution >= 0.6 is 0 Å². The van der Waals surface area contributed by atoms with E-state index in [2.05, 4.69) is 119 Å². The summed E-state index contributed by atoms with van der Waals surface area (Å²) in [6, 6.07) is 58.3. The quantitative estimate of drug-likeness (QED) is 0.174. The molecule has 0 unspecified atom stereocenters. The maximum absolute atomic E-state index is 9.45. The number of hydrogen-bond donors (Lipinski definition) is 0. The molecule has 0 bridgehead atoms. The molecule has 0 spiro atoms. The van der Waals surface area contributed by atoms with E-state index in [1.807, 2.05) is 48.5 Å². The van der Waals surface area contributed by atoms with Gasteiger partial charge in [0.15, 0.2) is 0 Å². The number of fused-ring (bicyclic) bond motifs is 3. The van der Waals surface area contributed by atoms with Gasteiger partial charge < -0.3 is 0 Å². The van der Waals surface area contributed by atoms with Gasteiger partial charge in [0, 0.05) is 34.6 Å². The van der Waals surface area contributed by atoms with Gasteiger partial charge in [-0.15, -0.1) is 0 Å². The zero-order valence-corrected chi connectivity index (χ0v) is 28.3. The van der Waals surface area contributed by atoms with Gasteiger partial charge in [0.1, 0.15) is 23.5 Å². The molecule has 0 radical (unpaired) electrons. The van der Waals surface area contributed by atoms with Crippen molar-refractivity contribution in [3.8, 4) is 68.3 Å². The molecule has 4 aromatic heterocycles. The summed E-state index contributed by atoms with van der Waals surface area (Å²) in [7, 11) is 0. The van der Waals surface area contributed by atoms with Crippen molar-refractivity contribution < 1.29 is 0 Å². The van der Waals surface area contributed by atoms with Crippen LogP contribution in [0.15, 0.2) is 170 Å². The molecule has 0 fully saturated rings. The lowest BCUT2D eigenvalue weighted by molar-refractivity contribution is 0.768. The van der Waals surface area contributed by atoms with Crippen molar-refractivity contribution in [3.05, 3.63) is 204 Å². The predicted molar refractivity (Wildman–Crippen MR) is 206 cm³/mol. The van der Waals surface area contributed by atoms with Gasteiger partial charge >= 0.3 is 0 Å². The van der Waals surface area contributed by atoms with Gasteiger partial charge in [-0.3, -0.25) is 0 Å². The van der Waals surface area contributed by atoms with Crippen LogP contribution in [0.5, 0.6) is 0 Å². The van der Waals surface area contributed by atoms with Crippen LogP contribution in [-0.2, 0) is 5.41 Å². The van der Waals surface area contributed by atoms with Crippen LogP contribution < -0.4 is 0 Å². The Kier molecular flexibility index (Phi) is 7.70. The summed E-state index contributed by atoms with van der Waals surface area (Å²) in [6.45, 7) is 0. The highest BCUT2D eigenvalue weighted by Gasteiger charge is 2.46. The fourth-order valence-corrected chi connectivity index (χ4v) is 7.63. The Morgan fingerprint density at radius 3 is 1.19 bits per heavy atom. The summed E-state index contributed by atoms with van der Waals surface area (Å²) in [5.41, 5.74) is 14.0. The molecule has 8 aromatic rings. The number of nitriles is 2. The highest BCUT2D eigenvalue weighted by atomic mass is 14.7.